The predicted molar refractivity (Wildman–Crippen MR) is 120 cm³/mol. The SMILES string of the molecule is CNCCc1c[nH]c2ccc(-c3cc(O)c(O)c4c(CCN(C)C)c[nH]c34)c(O)c12. The number of phenols is 3. The minimum atomic E-state index is -0.202. The fraction of sp³-hybridized carbons (Fsp3) is 0.304. The Morgan fingerprint density at radius 3 is 2.37 bits per heavy atom. The van der Waals surface area contributed by atoms with Crippen LogP contribution in [0.2, 0.25) is 0 Å². The number of nitrogens with zero attached hydrogens (tertiary/aromatic N) is 1. The highest BCUT2D eigenvalue weighted by Gasteiger charge is 2.21. The number of fused-ring (bicyclic) bond motifs is 2. The van der Waals surface area contributed by atoms with E-state index in [-0.39, 0.29) is 17.2 Å². The van der Waals surface area contributed by atoms with E-state index in [4.69, 9.17) is 0 Å². The zero-order valence-electron chi connectivity index (χ0n) is 17.5. The number of benzene rings is 2. The molecule has 0 unspecified atom stereocenters. The van der Waals surface area contributed by atoms with Gasteiger partial charge in [0.1, 0.15) is 5.75 Å². The molecule has 0 amide bonds. The second-order valence-electron chi connectivity index (χ2n) is 7.96. The molecule has 6 N–H and O–H groups in total. The van der Waals surface area contributed by atoms with Crippen LogP contribution in [0.4, 0.5) is 0 Å². The number of aromatic nitrogens is 2. The minimum Gasteiger partial charge on any atom is -0.507 e. The van der Waals surface area contributed by atoms with Crippen LogP contribution in [0.25, 0.3) is 32.9 Å². The lowest BCUT2D eigenvalue weighted by Gasteiger charge is -2.12. The second kappa shape index (κ2) is 7.93. The number of hydrogen-bond donors (Lipinski definition) is 6. The average molecular weight is 409 g/mol. The van der Waals surface area contributed by atoms with E-state index in [0.29, 0.717) is 22.0 Å². The van der Waals surface area contributed by atoms with Crippen molar-refractivity contribution in [3.63, 3.8) is 0 Å². The maximum absolute atomic E-state index is 11.2. The maximum atomic E-state index is 11.2. The topological polar surface area (TPSA) is 108 Å². The summed E-state index contributed by atoms with van der Waals surface area (Å²) < 4.78 is 0. The van der Waals surface area contributed by atoms with Crippen LogP contribution >= 0.6 is 0 Å². The molecule has 4 rings (SSSR count). The van der Waals surface area contributed by atoms with E-state index in [1.54, 1.807) is 0 Å². The highest BCUT2D eigenvalue weighted by Crippen LogP contribution is 2.46. The number of hydrogen-bond acceptors (Lipinski definition) is 5. The molecule has 4 aromatic rings. The van der Waals surface area contributed by atoms with E-state index in [1.807, 2.05) is 45.7 Å². The van der Waals surface area contributed by atoms with Crippen molar-refractivity contribution >= 4 is 21.8 Å². The summed E-state index contributed by atoms with van der Waals surface area (Å²) in [5.41, 5.74) is 4.76. The third kappa shape index (κ3) is 3.36. The van der Waals surface area contributed by atoms with Crippen molar-refractivity contribution < 1.29 is 15.3 Å². The Bertz CT molecular complexity index is 1210. The van der Waals surface area contributed by atoms with Crippen molar-refractivity contribution in [2.75, 3.05) is 34.2 Å². The third-order valence-electron chi connectivity index (χ3n) is 5.66. The number of rotatable bonds is 7. The van der Waals surface area contributed by atoms with Gasteiger partial charge in [-0.1, -0.05) is 0 Å². The predicted octanol–water partition coefficient (Wildman–Crippen LogP) is 3.30. The van der Waals surface area contributed by atoms with Gasteiger partial charge in [0.2, 0.25) is 0 Å². The molecule has 0 saturated carbocycles. The molecule has 2 aromatic carbocycles. The average Bonchev–Trinajstić information content (AvgIpc) is 3.33. The molecule has 2 heterocycles. The number of H-pyrrole nitrogens is 2. The van der Waals surface area contributed by atoms with Gasteiger partial charge in [-0.15, -0.1) is 0 Å². The van der Waals surface area contributed by atoms with Crippen molar-refractivity contribution in [3.05, 3.63) is 41.7 Å². The third-order valence-corrected chi connectivity index (χ3v) is 5.66. The van der Waals surface area contributed by atoms with Gasteiger partial charge in [-0.05, 0) is 69.9 Å². The summed E-state index contributed by atoms with van der Waals surface area (Å²) in [6.07, 6.45) is 5.28. The molecular formula is C23H28N4O3. The van der Waals surface area contributed by atoms with Gasteiger partial charge in [0.15, 0.2) is 11.5 Å². The van der Waals surface area contributed by atoms with Gasteiger partial charge in [0.25, 0.3) is 0 Å². The molecule has 0 saturated heterocycles. The van der Waals surface area contributed by atoms with Crippen molar-refractivity contribution in [1.82, 2.24) is 20.2 Å². The summed E-state index contributed by atoms with van der Waals surface area (Å²) in [5, 5.41) is 36.7. The molecule has 0 spiro atoms. The normalized spacial score (nSPS) is 11.9. The van der Waals surface area contributed by atoms with E-state index >= 15 is 0 Å². The van der Waals surface area contributed by atoms with Crippen LogP contribution in [-0.2, 0) is 12.8 Å². The molecule has 0 aliphatic rings. The first-order valence-electron chi connectivity index (χ1n) is 10.1. The van der Waals surface area contributed by atoms with E-state index in [9.17, 15) is 15.3 Å². The monoisotopic (exact) mass is 408 g/mol. The first kappa shape index (κ1) is 20.1. The zero-order chi connectivity index (χ0) is 21.4. The van der Waals surface area contributed by atoms with E-state index in [2.05, 4.69) is 20.2 Å². The summed E-state index contributed by atoms with van der Waals surface area (Å²) >= 11 is 0. The van der Waals surface area contributed by atoms with Crippen LogP contribution in [0.1, 0.15) is 11.1 Å². The molecule has 0 bridgehead atoms. The molecule has 2 aromatic heterocycles. The summed E-state index contributed by atoms with van der Waals surface area (Å²) in [6.45, 7) is 1.61. The van der Waals surface area contributed by atoms with Gasteiger partial charge in [0, 0.05) is 46.4 Å². The first-order chi connectivity index (χ1) is 14.4. The van der Waals surface area contributed by atoms with E-state index in [0.717, 1.165) is 48.0 Å². The number of likely N-dealkylation sites (N-methyl/N-ethyl adjacent to an activating group) is 2. The highest BCUT2D eigenvalue weighted by atomic mass is 16.3. The Morgan fingerprint density at radius 1 is 0.900 bits per heavy atom. The first-order valence-corrected chi connectivity index (χ1v) is 10.1. The molecular weight excluding hydrogens is 380 g/mol. The Hall–Kier alpha value is -3.16. The molecule has 7 heteroatoms. The van der Waals surface area contributed by atoms with Crippen molar-refractivity contribution in [2.45, 2.75) is 12.8 Å². The number of aromatic hydroxyl groups is 3. The quantitative estimate of drug-likeness (QED) is 0.263. The summed E-state index contributed by atoms with van der Waals surface area (Å²) in [5.74, 6) is -0.177. The molecule has 0 fully saturated rings. The van der Waals surface area contributed by atoms with Crippen LogP contribution in [0.15, 0.2) is 30.6 Å². The van der Waals surface area contributed by atoms with Crippen molar-refractivity contribution in [2.24, 2.45) is 0 Å². The second-order valence-corrected chi connectivity index (χ2v) is 7.96. The summed E-state index contributed by atoms with van der Waals surface area (Å²) in [7, 11) is 5.88. The largest absolute Gasteiger partial charge is 0.507 e. The molecule has 0 aliphatic heterocycles. The van der Waals surface area contributed by atoms with Gasteiger partial charge in [-0.2, -0.15) is 0 Å². The van der Waals surface area contributed by atoms with Gasteiger partial charge < -0.3 is 35.5 Å². The summed E-state index contributed by atoms with van der Waals surface area (Å²) in [6, 6.07) is 5.27. The molecule has 30 heavy (non-hydrogen) atoms. The van der Waals surface area contributed by atoms with Gasteiger partial charge in [0.05, 0.1) is 5.52 Å². The number of aromatic amines is 2. The molecule has 0 atom stereocenters. The molecule has 158 valence electrons. The Labute approximate surface area is 175 Å². The van der Waals surface area contributed by atoms with Crippen LogP contribution in [0.3, 0.4) is 0 Å². The van der Waals surface area contributed by atoms with Gasteiger partial charge in [-0.25, -0.2) is 0 Å². The lowest BCUT2D eigenvalue weighted by Crippen LogP contribution is -2.14. The standard InChI is InChI=1S/C23H28N4O3/c1-24-8-6-13-11-25-17-5-4-15(22(29)19(13)17)16-10-18(28)23(30)20-14(7-9-27(2)3)12-26-21(16)20/h4-5,10-12,24-26,28-30H,6-9H2,1-3H3. The lowest BCUT2D eigenvalue weighted by molar-refractivity contribution is 0.406. The van der Waals surface area contributed by atoms with Gasteiger partial charge >= 0.3 is 0 Å². The fourth-order valence-corrected chi connectivity index (χ4v) is 4.05. The van der Waals surface area contributed by atoms with E-state index < -0.39 is 0 Å². The fourth-order valence-electron chi connectivity index (χ4n) is 4.05. The van der Waals surface area contributed by atoms with Crippen LogP contribution in [0, 0.1) is 0 Å². The Kier molecular flexibility index (Phi) is 5.32. The maximum Gasteiger partial charge on any atom is 0.167 e. The number of phenolic OH excluding ortho intramolecular Hbond substituents is 3. The minimum absolute atomic E-state index is 0.138. The lowest BCUT2D eigenvalue weighted by atomic mass is 9.96. The van der Waals surface area contributed by atoms with Crippen molar-refractivity contribution in [3.8, 4) is 28.4 Å². The Morgan fingerprint density at radius 2 is 1.63 bits per heavy atom. The summed E-state index contributed by atoms with van der Waals surface area (Å²) in [4.78, 5) is 8.53. The number of nitrogens with one attached hydrogen (secondary N) is 3. The van der Waals surface area contributed by atoms with Crippen LogP contribution < -0.4 is 5.32 Å². The van der Waals surface area contributed by atoms with Crippen LogP contribution in [-0.4, -0.2) is 64.4 Å². The van der Waals surface area contributed by atoms with Crippen molar-refractivity contribution in [1.29, 1.82) is 0 Å². The van der Waals surface area contributed by atoms with Gasteiger partial charge in [-0.3, -0.25) is 0 Å². The Balaban J connectivity index is 1.90. The molecule has 0 radical (unpaired) electrons. The molecule has 0 aliphatic carbocycles. The smallest absolute Gasteiger partial charge is 0.167 e. The zero-order valence-corrected chi connectivity index (χ0v) is 17.5. The van der Waals surface area contributed by atoms with Crippen LogP contribution in [0.5, 0.6) is 17.2 Å². The van der Waals surface area contributed by atoms with E-state index in [1.165, 1.54) is 6.07 Å². The molecule has 7 nitrogen and oxygen atoms in total. The highest BCUT2D eigenvalue weighted by molar-refractivity contribution is 6.05.